The summed E-state index contributed by atoms with van der Waals surface area (Å²) < 4.78 is 16.5. The largest absolute Gasteiger partial charge is 0.506 e. The first-order valence-corrected chi connectivity index (χ1v) is 12.9. The molecule has 1 aliphatic heterocycles. The van der Waals surface area contributed by atoms with E-state index in [0.717, 1.165) is 16.9 Å². The van der Waals surface area contributed by atoms with Gasteiger partial charge in [-0.1, -0.05) is 63.2 Å². The van der Waals surface area contributed by atoms with Crippen LogP contribution in [0.4, 0.5) is 0 Å². The first-order valence-electron chi connectivity index (χ1n) is 12.9. The summed E-state index contributed by atoms with van der Waals surface area (Å²) in [6.45, 7) is 8.98. The van der Waals surface area contributed by atoms with Crippen molar-refractivity contribution in [3.05, 3.63) is 94.6 Å². The monoisotopic (exact) mass is 529 g/mol. The molecule has 204 valence electrons. The minimum absolute atomic E-state index is 0.0164. The van der Waals surface area contributed by atoms with Gasteiger partial charge in [0.25, 0.3) is 11.7 Å². The van der Waals surface area contributed by atoms with Crippen molar-refractivity contribution in [3.8, 4) is 17.2 Å². The van der Waals surface area contributed by atoms with Crippen LogP contribution in [0, 0.1) is 0 Å². The van der Waals surface area contributed by atoms with E-state index in [-0.39, 0.29) is 28.9 Å². The first kappa shape index (κ1) is 27.8. The molecule has 1 aliphatic rings. The number of ether oxygens (including phenoxy) is 3. The lowest BCUT2D eigenvalue weighted by Crippen LogP contribution is -2.29. The highest BCUT2D eigenvalue weighted by molar-refractivity contribution is 6.46. The quantitative estimate of drug-likeness (QED) is 0.218. The highest BCUT2D eigenvalue weighted by Gasteiger charge is 2.46. The molecule has 0 aromatic heterocycles. The number of aliphatic hydroxyl groups excluding tert-OH is 1. The number of hydrogen-bond acceptors (Lipinski definition) is 6. The highest BCUT2D eigenvalue weighted by Crippen LogP contribution is 2.44. The molecule has 1 unspecified atom stereocenters. The second-order valence-electron chi connectivity index (χ2n) is 10.4. The second kappa shape index (κ2) is 11.2. The fourth-order valence-electron chi connectivity index (χ4n) is 4.83. The number of benzene rings is 3. The van der Waals surface area contributed by atoms with Crippen LogP contribution in [-0.2, 0) is 21.5 Å². The molecule has 7 heteroatoms. The second-order valence-corrected chi connectivity index (χ2v) is 10.4. The number of nitrogens with zero attached hydrogens (tertiary/aromatic N) is 1. The van der Waals surface area contributed by atoms with Crippen molar-refractivity contribution in [2.75, 3.05) is 20.8 Å². The molecular formula is C32H35NO6. The van der Waals surface area contributed by atoms with Crippen LogP contribution in [0.5, 0.6) is 17.2 Å². The summed E-state index contributed by atoms with van der Waals surface area (Å²) in [6.07, 6.45) is 0. The Hall–Kier alpha value is -4.26. The summed E-state index contributed by atoms with van der Waals surface area (Å²) >= 11 is 0. The van der Waals surface area contributed by atoms with E-state index >= 15 is 0 Å². The molecule has 0 radical (unpaired) electrons. The molecule has 0 bridgehead atoms. The number of methoxy groups -OCH3 is 2. The zero-order valence-electron chi connectivity index (χ0n) is 23.3. The number of hydrogen-bond donors (Lipinski definition) is 1. The third-order valence-electron chi connectivity index (χ3n) is 6.88. The average molecular weight is 530 g/mol. The number of carbonyl (C=O) groups is 2. The number of Topliss-reactive ketones (excluding diaryl/α,β-unsaturated/α-hetero) is 1. The van der Waals surface area contributed by atoms with Gasteiger partial charge in [0.15, 0.2) is 0 Å². The van der Waals surface area contributed by atoms with Gasteiger partial charge >= 0.3 is 0 Å². The first-order chi connectivity index (χ1) is 18.6. The average Bonchev–Trinajstić information content (AvgIpc) is 3.17. The predicted octanol–water partition coefficient (Wildman–Crippen LogP) is 6.02. The number of carbonyl (C=O) groups excluding carboxylic acids is 2. The Morgan fingerprint density at radius 3 is 2.00 bits per heavy atom. The van der Waals surface area contributed by atoms with Crippen molar-refractivity contribution in [3.63, 3.8) is 0 Å². The van der Waals surface area contributed by atoms with Crippen molar-refractivity contribution in [2.45, 2.75) is 45.7 Å². The fraction of sp³-hybridized carbons (Fsp3) is 0.312. The molecule has 0 spiro atoms. The van der Waals surface area contributed by atoms with Gasteiger partial charge in [0.2, 0.25) is 0 Å². The number of amides is 1. The van der Waals surface area contributed by atoms with E-state index in [1.54, 1.807) is 18.2 Å². The molecule has 1 amide bonds. The summed E-state index contributed by atoms with van der Waals surface area (Å²) in [5.41, 5.74) is 2.78. The van der Waals surface area contributed by atoms with Crippen molar-refractivity contribution >= 4 is 17.4 Å². The molecule has 39 heavy (non-hydrogen) atoms. The minimum atomic E-state index is -0.819. The Balaban J connectivity index is 1.88. The SMILES string of the molecule is CCOc1ccc(CN2C(=O)C(=O)/C(=C(/O)c3c(OC)cccc3OC)C2c2ccc(C(C)(C)C)cc2)cc1. The summed E-state index contributed by atoms with van der Waals surface area (Å²) in [6, 6.07) is 19.5. The molecule has 4 rings (SSSR count). The Morgan fingerprint density at radius 1 is 0.897 bits per heavy atom. The van der Waals surface area contributed by atoms with Gasteiger partial charge in [0, 0.05) is 6.54 Å². The molecule has 0 saturated carbocycles. The van der Waals surface area contributed by atoms with E-state index < -0.39 is 17.7 Å². The van der Waals surface area contributed by atoms with Crippen LogP contribution in [0.1, 0.15) is 56.0 Å². The zero-order chi connectivity index (χ0) is 28.3. The van der Waals surface area contributed by atoms with Gasteiger partial charge in [-0.2, -0.15) is 0 Å². The molecule has 7 nitrogen and oxygen atoms in total. The van der Waals surface area contributed by atoms with E-state index in [1.165, 1.54) is 19.1 Å². The zero-order valence-corrected chi connectivity index (χ0v) is 23.3. The van der Waals surface area contributed by atoms with Crippen LogP contribution in [0.2, 0.25) is 0 Å². The molecule has 3 aromatic carbocycles. The maximum absolute atomic E-state index is 13.6. The molecule has 1 fully saturated rings. The topological polar surface area (TPSA) is 85.3 Å². The van der Waals surface area contributed by atoms with E-state index in [2.05, 4.69) is 20.8 Å². The van der Waals surface area contributed by atoms with Crippen LogP contribution in [0.25, 0.3) is 5.76 Å². The van der Waals surface area contributed by atoms with Gasteiger partial charge in [-0.25, -0.2) is 0 Å². The standard InChI is InChI=1S/C32H35NO6/c1-7-39-23-17-11-20(12-18-23)19-33-28(21-13-15-22(16-14-21)32(2,3)4)27(30(35)31(33)36)29(34)26-24(37-5)9-8-10-25(26)38-6/h8-18,28,34H,7,19H2,1-6H3/b29-27+. The Labute approximate surface area is 229 Å². The molecule has 3 aromatic rings. The van der Waals surface area contributed by atoms with Crippen molar-refractivity contribution in [1.29, 1.82) is 0 Å². The van der Waals surface area contributed by atoms with E-state index in [4.69, 9.17) is 14.2 Å². The normalized spacial score (nSPS) is 16.9. The van der Waals surface area contributed by atoms with Crippen molar-refractivity contribution < 1.29 is 28.9 Å². The molecule has 0 aliphatic carbocycles. The van der Waals surface area contributed by atoms with Crippen molar-refractivity contribution in [1.82, 2.24) is 4.90 Å². The Morgan fingerprint density at radius 2 is 1.49 bits per heavy atom. The summed E-state index contributed by atoms with van der Waals surface area (Å²) in [7, 11) is 2.94. The number of likely N-dealkylation sites (tertiary alicyclic amines) is 1. The lowest BCUT2D eigenvalue weighted by Gasteiger charge is -2.27. The van der Waals surface area contributed by atoms with Crippen LogP contribution in [0.15, 0.2) is 72.3 Å². The lowest BCUT2D eigenvalue weighted by atomic mass is 9.85. The molecule has 1 N–H and O–H groups in total. The van der Waals surface area contributed by atoms with Gasteiger partial charge in [-0.3, -0.25) is 9.59 Å². The number of aliphatic hydroxyl groups is 1. The smallest absolute Gasteiger partial charge is 0.295 e. The molecule has 1 heterocycles. The van der Waals surface area contributed by atoms with Gasteiger partial charge in [-0.15, -0.1) is 0 Å². The van der Waals surface area contributed by atoms with E-state index in [1.807, 2.05) is 55.5 Å². The molecule has 1 saturated heterocycles. The maximum atomic E-state index is 13.6. The summed E-state index contributed by atoms with van der Waals surface area (Å²) in [5, 5.41) is 11.6. The molecular weight excluding hydrogens is 494 g/mol. The van der Waals surface area contributed by atoms with E-state index in [0.29, 0.717) is 23.7 Å². The number of ketones is 1. The highest BCUT2D eigenvalue weighted by atomic mass is 16.5. The van der Waals surface area contributed by atoms with Gasteiger partial charge in [-0.05, 0) is 53.3 Å². The Bertz CT molecular complexity index is 1360. The van der Waals surface area contributed by atoms with Crippen LogP contribution >= 0.6 is 0 Å². The van der Waals surface area contributed by atoms with Gasteiger partial charge < -0.3 is 24.2 Å². The van der Waals surface area contributed by atoms with Crippen molar-refractivity contribution in [2.24, 2.45) is 0 Å². The van der Waals surface area contributed by atoms with E-state index in [9.17, 15) is 14.7 Å². The number of rotatable bonds is 8. The van der Waals surface area contributed by atoms with Crippen LogP contribution in [0.3, 0.4) is 0 Å². The van der Waals surface area contributed by atoms with Gasteiger partial charge in [0.1, 0.15) is 28.6 Å². The van der Waals surface area contributed by atoms with Crippen LogP contribution in [-0.4, -0.2) is 42.5 Å². The minimum Gasteiger partial charge on any atom is -0.506 e. The third kappa shape index (κ3) is 5.48. The maximum Gasteiger partial charge on any atom is 0.295 e. The Kier molecular flexibility index (Phi) is 8.00. The predicted molar refractivity (Wildman–Crippen MR) is 150 cm³/mol. The molecule has 1 atom stereocenters. The summed E-state index contributed by atoms with van der Waals surface area (Å²) in [5.74, 6) is -0.430. The third-order valence-corrected chi connectivity index (χ3v) is 6.88. The van der Waals surface area contributed by atoms with Crippen LogP contribution < -0.4 is 14.2 Å². The van der Waals surface area contributed by atoms with Gasteiger partial charge in [0.05, 0.1) is 32.4 Å². The summed E-state index contributed by atoms with van der Waals surface area (Å²) in [4.78, 5) is 28.5. The fourth-order valence-corrected chi connectivity index (χ4v) is 4.83. The lowest BCUT2D eigenvalue weighted by molar-refractivity contribution is -0.140.